The number of amides is 1. The number of para-hydroxylation sites is 2. The lowest BCUT2D eigenvalue weighted by atomic mass is 10.0. The third-order valence-corrected chi connectivity index (χ3v) is 5.53. The van der Waals surface area contributed by atoms with E-state index in [2.05, 4.69) is 29.2 Å². The summed E-state index contributed by atoms with van der Waals surface area (Å²) in [7, 11) is 1.99. The van der Waals surface area contributed by atoms with Gasteiger partial charge >= 0.3 is 0 Å². The molecule has 5 rings (SSSR count). The summed E-state index contributed by atoms with van der Waals surface area (Å²) in [4.78, 5) is 26.5. The number of aromatic nitrogens is 2. The van der Waals surface area contributed by atoms with Gasteiger partial charge in [-0.2, -0.15) is 0 Å². The predicted octanol–water partition coefficient (Wildman–Crippen LogP) is 4.32. The molecular formula is C25H22N4O. The highest BCUT2D eigenvalue weighted by molar-refractivity contribution is 5.98. The molecule has 0 bridgehead atoms. The van der Waals surface area contributed by atoms with E-state index in [4.69, 9.17) is 9.97 Å². The topological polar surface area (TPSA) is 49.3 Å². The summed E-state index contributed by atoms with van der Waals surface area (Å²) in [6, 6.07) is 26.2. The molecule has 0 atom stereocenters. The molecule has 1 aliphatic rings. The minimum Gasteiger partial charge on any atom is -0.355 e. The van der Waals surface area contributed by atoms with E-state index < -0.39 is 0 Å². The first kappa shape index (κ1) is 18.3. The molecule has 0 saturated heterocycles. The number of nitrogens with zero attached hydrogens (tertiary/aromatic N) is 4. The molecule has 1 aromatic heterocycles. The van der Waals surface area contributed by atoms with Crippen LogP contribution in [0.25, 0.3) is 22.2 Å². The highest BCUT2D eigenvalue weighted by Crippen LogP contribution is 2.31. The van der Waals surface area contributed by atoms with E-state index in [0.29, 0.717) is 18.8 Å². The number of anilines is 2. The molecule has 0 N–H and O–H groups in total. The van der Waals surface area contributed by atoms with E-state index in [1.165, 1.54) is 5.56 Å². The lowest BCUT2D eigenvalue weighted by molar-refractivity contribution is -0.118. The third kappa shape index (κ3) is 3.39. The van der Waals surface area contributed by atoms with Gasteiger partial charge in [-0.15, -0.1) is 0 Å². The van der Waals surface area contributed by atoms with Crippen molar-refractivity contribution in [1.29, 1.82) is 0 Å². The second-order valence-electron chi connectivity index (χ2n) is 7.57. The van der Waals surface area contributed by atoms with Crippen molar-refractivity contribution >= 4 is 28.6 Å². The summed E-state index contributed by atoms with van der Waals surface area (Å²) in [6.07, 6.45) is 0.340. The molecule has 0 fully saturated rings. The van der Waals surface area contributed by atoms with Gasteiger partial charge in [0.2, 0.25) is 5.91 Å². The molecule has 5 nitrogen and oxygen atoms in total. The number of hydrogen-bond donors (Lipinski definition) is 0. The Hall–Kier alpha value is -3.73. The lowest BCUT2D eigenvalue weighted by Gasteiger charge is -2.33. The SMILES string of the molecule is CN1CCN(C(=O)Cc2ccc(-c3ccccc3)cc2)c2nc3ccccc3nc21. The van der Waals surface area contributed by atoms with Crippen molar-refractivity contribution in [1.82, 2.24) is 9.97 Å². The Balaban J connectivity index is 1.41. The maximum absolute atomic E-state index is 13.2. The number of likely N-dealkylation sites (N-methyl/N-ethyl adjacent to an activating group) is 1. The summed E-state index contributed by atoms with van der Waals surface area (Å²) < 4.78 is 0. The molecular weight excluding hydrogens is 372 g/mol. The fraction of sp³-hybridized carbons (Fsp3) is 0.160. The molecule has 4 aromatic rings. The maximum Gasteiger partial charge on any atom is 0.232 e. The number of hydrogen-bond acceptors (Lipinski definition) is 4. The van der Waals surface area contributed by atoms with Crippen LogP contribution in [0.15, 0.2) is 78.9 Å². The van der Waals surface area contributed by atoms with Crippen molar-refractivity contribution in [3.63, 3.8) is 0 Å². The summed E-state index contributed by atoms with van der Waals surface area (Å²) in [6.45, 7) is 1.34. The molecule has 0 unspecified atom stereocenters. The zero-order valence-electron chi connectivity index (χ0n) is 16.8. The van der Waals surface area contributed by atoms with E-state index in [0.717, 1.165) is 34.5 Å². The molecule has 0 aliphatic carbocycles. The van der Waals surface area contributed by atoms with Crippen LogP contribution >= 0.6 is 0 Å². The third-order valence-electron chi connectivity index (χ3n) is 5.53. The van der Waals surface area contributed by atoms with Crippen LogP contribution < -0.4 is 9.80 Å². The largest absolute Gasteiger partial charge is 0.355 e. The first-order chi connectivity index (χ1) is 14.7. The van der Waals surface area contributed by atoms with Gasteiger partial charge in [-0.3, -0.25) is 9.69 Å². The Morgan fingerprint density at radius 1 is 0.767 bits per heavy atom. The van der Waals surface area contributed by atoms with E-state index in [1.807, 2.05) is 61.6 Å². The van der Waals surface area contributed by atoms with Gasteiger partial charge in [0.1, 0.15) is 0 Å². The molecule has 0 spiro atoms. The summed E-state index contributed by atoms with van der Waals surface area (Å²) in [5, 5.41) is 0. The Labute approximate surface area is 175 Å². The normalized spacial score (nSPS) is 13.4. The van der Waals surface area contributed by atoms with Gasteiger partial charge in [-0.25, -0.2) is 9.97 Å². The number of carbonyl (C=O) groups is 1. The monoisotopic (exact) mass is 394 g/mol. The fourth-order valence-corrected chi connectivity index (χ4v) is 3.84. The van der Waals surface area contributed by atoms with E-state index in [-0.39, 0.29) is 5.91 Å². The molecule has 30 heavy (non-hydrogen) atoms. The second-order valence-corrected chi connectivity index (χ2v) is 7.57. The Morgan fingerprint density at radius 2 is 1.37 bits per heavy atom. The standard InChI is InChI=1S/C25H22N4O/c1-28-15-16-29(25-24(28)26-21-9-5-6-10-22(21)27-25)23(30)17-18-11-13-20(14-12-18)19-7-3-2-4-8-19/h2-14H,15-17H2,1H3. The van der Waals surface area contributed by atoms with Gasteiger partial charge in [0.25, 0.3) is 0 Å². The molecule has 148 valence electrons. The van der Waals surface area contributed by atoms with Crippen molar-refractivity contribution < 1.29 is 4.79 Å². The van der Waals surface area contributed by atoms with Crippen molar-refractivity contribution in [2.24, 2.45) is 0 Å². The van der Waals surface area contributed by atoms with Crippen molar-refractivity contribution in [2.75, 3.05) is 29.9 Å². The van der Waals surface area contributed by atoms with E-state index >= 15 is 0 Å². The van der Waals surface area contributed by atoms with Crippen LogP contribution in [-0.2, 0) is 11.2 Å². The molecule has 1 amide bonds. The number of fused-ring (bicyclic) bond motifs is 2. The highest BCUT2D eigenvalue weighted by Gasteiger charge is 2.28. The smallest absolute Gasteiger partial charge is 0.232 e. The van der Waals surface area contributed by atoms with Crippen LogP contribution in [0.3, 0.4) is 0 Å². The Morgan fingerprint density at radius 3 is 2.07 bits per heavy atom. The van der Waals surface area contributed by atoms with Crippen molar-refractivity contribution in [3.05, 3.63) is 84.4 Å². The first-order valence-corrected chi connectivity index (χ1v) is 10.1. The van der Waals surface area contributed by atoms with E-state index in [9.17, 15) is 4.79 Å². The quantitative estimate of drug-likeness (QED) is 0.519. The highest BCUT2D eigenvalue weighted by atomic mass is 16.2. The molecule has 2 heterocycles. The second kappa shape index (κ2) is 7.59. The van der Waals surface area contributed by atoms with Crippen LogP contribution in [0.2, 0.25) is 0 Å². The van der Waals surface area contributed by atoms with Crippen LogP contribution in [0.4, 0.5) is 11.6 Å². The van der Waals surface area contributed by atoms with Gasteiger partial charge in [0.15, 0.2) is 11.6 Å². The van der Waals surface area contributed by atoms with Gasteiger partial charge in [-0.05, 0) is 28.8 Å². The average Bonchev–Trinajstić information content (AvgIpc) is 2.79. The number of rotatable bonds is 3. The Kier molecular flexibility index (Phi) is 4.64. The summed E-state index contributed by atoms with van der Waals surface area (Å²) in [5.41, 5.74) is 4.96. The van der Waals surface area contributed by atoms with Gasteiger partial charge < -0.3 is 4.90 Å². The average molecular weight is 394 g/mol. The zero-order valence-corrected chi connectivity index (χ0v) is 16.8. The summed E-state index contributed by atoms with van der Waals surface area (Å²) >= 11 is 0. The van der Waals surface area contributed by atoms with Gasteiger partial charge in [0, 0.05) is 20.1 Å². The molecule has 1 aliphatic heterocycles. The van der Waals surface area contributed by atoms with Crippen molar-refractivity contribution in [3.8, 4) is 11.1 Å². The minimum absolute atomic E-state index is 0.0430. The van der Waals surface area contributed by atoms with Crippen LogP contribution in [0.1, 0.15) is 5.56 Å². The van der Waals surface area contributed by atoms with Gasteiger partial charge in [0.05, 0.1) is 17.5 Å². The summed E-state index contributed by atoms with van der Waals surface area (Å²) in [5.74, 6) is 1.45. The number of carbonyl (C=O) groups excluding carboxylic acids is 1. The molecule has 5 heteroatoms. The zero-order chi connectivity index (χ0) is 20.5. The van der Waals surface area contributed by atoms with Crippen LogP contribution in [0, 0.1) is 0 Å². The van der Waals surface area contributed by atoms with Crippen LogP contribution in [-0.4, -0.2) is 36.0 Å². The van der Waals surface area contributed by atoms with Crippen molar-refractivity contribution in [2.45, 2.75) is 6.42 Å². The van der Waals surface area contributed by atoms with Crippen LogP contribution in [0.5, 0.6) is 0 Å². The minimum atomic E-state index is 0.0430. The molecule has 0 radical (unpaired) electrons. The predicted molar refractivity (Wildman–Crippen MR) is 121 cm³/mol. The maximum atomic E-state index is 13.2. The fourth-order valence-electron chi connectivity index (χ4n) is 3.84. The van der Waals surface area contributed by atoms with Gasteiger partial charge in [-0.1, -0.05) is 66.7 Å². The first-order valence-electron chi connectivity index (χ1n) is 10.1. The lowest BCUT2D eigenvalue weighted by Crippen LogP contribution is -2.44. The van der Waals surface area contributed by atoms with E-state index in [1.54, 1.807) is 4.90 Å². The molecule has 3 aromatic carbocycles. The molecule has 0 saturated carbocycles. The Bertz CT molecular complexity index is 1200. The number of benzene rings is 3.